The standard InChI is InChI=1S/C42H54N6O7/c1-6-38(52)21-24-22-41(37(51)55-5,32-26(13-17-48(24)23-38)25-11-8-9-12-29(25)44-32)28-19-27-30(20-31(28)54-4)46(3)34-40(27)15-18-47-16-10-14-39(7-2,33(40)47)35(49)42(34,53)36(50)45-43/h8-12,14,19-20,24,33-35,44,49,52-53H,6-7,13,15-18,21-23,43H2,1-5H3,(H,45,50)/t24?,33-,34+,35+,38-,39+,40+,41-,42-/m0/s1. The minimum atomic E-state index is -2.31. The van der Waals surface area contributed by atoms with Crippen molar-refractivity contribution in [2.24, 2.45) is 11.3 Å². The van der Waals surface area contributed by atoms with E-state index in [2.05, 4.69) is 32.3 Å². The molecule has 6 heterocycles. The first-order chi connectivity index (χ1) is 26.3. The van der Waals surface area contributed by atoms with Crippen LogP contribution in [0.4, 0.5) is 5.69 Å². The number of ether oxygens (including phenoxy) is 2. The number of nitrogens with two attached hydrogens (primary N) is 1. The molecule has 13 nitrogen and oxygen atoms in total. The van der Waals surface area contributed by atoms with Crippen molar-refractivity contribution in [3.63, 3.8) is 0 Å². The molecule has 1 amide bonds. The minimum absolute atomic E-state index is 0.156. The van der Waals surface area contributed by atoms with Gasteiger partial charge in [0.25, 0.3) is 5.91 Å². The largest absolute Gasteiger partial charge is 0.496 e. The summed E-state index contributed by atoms with van der Waals surface area (Å²) in [7, 11) is 4.87. The molecule has 1 saturated carbocycles. The van der Waals surface area contributed by atoms with Crippen LogP contribution in [0.15, 0.2) is 48.6 Å². The average Bonchev–Trinajstić information content (AvgIpc) is 3.93. The van der Waals surface area contributed by atoms with Crippen molar-refractivity contribution in [3.8, 4) is 5.75 Å². The molecule has 0 bridgehead atoms. The summed E-state index contributed by atoms with van der Waals surface area (Å²) < 4.78 is 12.2. The number of esters is 1. The zero-order valence-corrected chi connectivity index (χ0v) is 32.4. The number of carbonyl (C=O) groups excluding carboxylic acids is 2. The molecule has 5 aliphatic heterocycles. The summed E-state index contributed by atoms with van der Waals surface area (Å²) in [6.07, 6.45) is 5.68. The predicted octanol–water partition coefficient (Wildman–Crippen LogP) is 1.99. The third-order valence-electron chi connectivity index (χ3n) is 15.2. The van der Waals surface area contributed by atoms with Gasteiger partial charge in [-0.05, 0) is 68.3 Å². The van der Waals surface area contributed by atoms with Gasteiger partial charge in [-0.25, -0.2) is 5.84 Å². The first-order valence-electron chi connectivity index (χ1n) is 19.8. The highest BCUT2D eigenvalue weighted by molar-refractivity contribution is 5.95. The van der Waals surface area contributed by atoms with E-state index in [0.717, 1.165) is 40.0 Å². The van der Waals surface area contributed by atoms with Gasteiger partial charge in [0.2, 0.25) is 0 Å². The quantitative estimate of drug-likeness (QED) is 0.0714. The summed E-state index contributed by atoms with van der Waals surface area (Å²) in [6.45, 7) is 6.58. The summed E-state index contributed by atoms with van der Waals surface area (Å²) in [6, 6.07) is 10.8. The third-order valence-corrected chi connectivity index (χ3v) is 15.2. The van der Waals surface area contributed by atoms with Crippen LogP contribution in [0.25, 0.3) is 10.9 Å². The molecule has 1 spiro atoms. The fourth-order valence-corrected chi connectivity index (χ4v) is 12.8. The molecule has 1 aliphatic carbocycles. The molecule has 2 saturated heterocycles. The van der Waals surface area contributed by atoms with E-state index in [-0.39, 0.29) is 12.1 Å². The molecule has 7 N–H and O–H groups in total. The number of rotatable bonds is 6. The van der Waals surface area contributed by atoms with E-state index < -0.39 is 51.5 Å². The van der Waals surface area contributed by atoms with Crippen LogP contribution in [0.5, 0.6) is 5.75 Å². The normalized spacial score (nSPS) is 37.7. The molecule has 0 radical (unpaired) electrons. The van der Waals surface area contributed by atoms with Crippen molar-refractivity contribution in [1.29, 1.82) is 0 Å². The maximum absolute atomic E-state index is 15.1. The van der Waals surface area contributed by atoms with E-state index in [1.165, 1.54) is 7.11 Å². The van der Waals surface area contributed by atoms with Crippen LogP contribution >= 0.6 is 0 Å². The van der Waals surface area contributed by atoms with Gasteiger partial charge in [0.05, 0.1) is 25.9 Å². The summed E-state index contributed by atoms with van der Waals surface area (Å²) in [5.41, 5.74) is 0.657. The van der Waals surface area contributed by atoms with Gasteiger partial charge in [0, 0.05) is 83.5 Å². The highest BCUT2D eigenvalue weighted by Crippen LogP contribution is 2.67. The lowest BCUT2D eigenvalue weighted by Gasteiger charge is -2.63. The molecule has 6 aliphatic rings. The van der Waals surface area contributed by atoms with E-state index >= 15 is 4.79 Å². The second kappa shape index (κ2) is 12.3. The van der Waals surface area contributed by atoms with Crippen LogP contribution in [0, 0.1) is 5.41 Å². The third kappa shape index (κ3) is 4.39. The number of aliphatic hydroxyl groups is 3. The zero-order chi connectivity index (χ0) is 38.9. The van der Waals surface area contributed by atoms with Crippen molar-refractivity contribution in [2.45, 2.75) is 98.6 Å². The number of carbonyl (C=O) groups is 2. The van der Waals surface area contributed by atoms with E-state index in [9.17, 15) is 20.1 Å². The van der Waals surface area contributed by atoms with E-state index in [0.29, 0.717) is 69.5 Å². The fraction of sp³-hybridized carbons (Fsp3) is 0.571. The number of amides is 1. The number of anilines is 1. The van der Waals surface area contributed by atoms with Crippen LogP contribution in [-0.4, -0.2) is 125 Å². The summed E-state index contributed by atoms with van der Waals surface area (Å²) >= 11 is 0. The number of H-pyrrole nitrogens is 1. The molecule has 2 aromatic carbocycles. The number of aromatic nitrogens is 1. The lowest BCUT2D eigenvalue weighted by atomic mass is 9.47. The number of methoxy groups -OCH3 is 2. The first-order valence-corrected chi connectivity index (χ1v) is 19.8. The van der Waals surface area contributed by atoms with Crippen molar-refractivity contribution in [2.75, 3.05) is 52.3 Å². The van der Waals surface area contributed by atoms with Gasteiger partial charge in [-0.2, -0.15) is 0 Å². The molecule has 3 fully saturated rings. The number of aliphatic hydroxyl groups excluding tert-OH is 1. The Hall–Kier alpha value is -3.98. The number of hydrazine groups is 1. The van der Waals surface area contributed by atoms with E-state index in [1.54, 1.807) is 7.11 Å². The van der Waals surface area contributed by atoms with Crippen molar-refractivity contribution in [1.82, 2.24) is 20.2 Å². The Labute approximate surface area is 321 Å². The second-order valence-electron chi connectivity index (χ2n) is 17.1. The Morgan fingerprint density at radius 2 is 1.82 bits per heavy atom. The smallest absolute Gasteiger partial charge is 0.322 e. The molecule has 55 heavy (non-hydrogen) atoms. The Bertz CT molecular complexity index is 2120. The minimum Gasteiger partial charge on any atom is -0.496 e. The summed E-state index contributed by atoms with van der Waals surface area (Å²) in [4.78, 5) is 39.5. The highest BCUT2D eigenvalue weighted by atomic mass is 16.5. The second-order valence-corrected chi connectivity index (χ2v) is 17.1. The number of hydrogen-bond acceptors (Lipinski definition) is 11. The van der Waals surface area contributed by atoms with Gasteiger partial charge in [0.15, 0.2) is 5.60 Å². The van der Waals surface area contributed by atoms with Crippen LogP contribution in [0.1, 0.15) is 68.3 Å². The number of likely N-dealkylation sites (N-methyl/N-ethyl adjacent to an activating group) is 1. The van der Waals surface area contributed by atoms with Crippen LogP contribution in [0.3, 0.4) is 0 Å². The van der Waals surface area contributed by atoms with Crippen molar-refractivity contribution >= 4 is 28.5 Å². The van der Waals surface area contributed by atoms with E-state index in [1.807, 2.05) is 62.2 Å². The number of hydrogen-bond donors (Lipinski definition) is 6. The highest BCUT2D eigenvalue weighted by Gasteiger charge is 2.78. The lowest BCUT2D eigenvalue weighted by molar-refractivity contribution is -0.203. The number of benzene rings is 2. The molecule has 1 unspecified atom stereocenters. The Morgan fingerprint density at radius 3 is 2.53 bits per heavy atom. The van der Waals surface area contributed by atoms with Gasteiger partial charge in [0.1, 0.15) is 17.3 Å². The fourth-order valence-electron chi connectivity index (χ4n) is 12.8. The van der Waals surface area contributed by atoms with Gasteiger partial charge in [-0.15, -0.1) is 0 Å². The number of nitrogens with zero attached hydrogens (tertiary/aromatic N) is 3. The first kappa shape index (κ1) is 36.6. The maximum Gasteiger partial charge on any atom is 0.322 e. The number of fused-ring (bicyclic) bond motifs is 5. The predicted molar refractivity (Wildman–Crippen MR) is 207 cm³/mol. The average molecular weight is 755 g/mol. The lowest BCUT2D eigenvalue weighted by Crippen LogP contribution is -2.82. The molecule has 13 heteroatoms. The number of aromatic amines is 1. The van der Waals surface area contributed by atoms with E-state index in [4.69, 9.17) is 15.3 Å². The molecular formula is C42H54N6O7. The Balaban J connectivity index is 1.36. The number of para-hydroxylation sites is 1. The molecular weight excluding hydrogens is 700 g/mol. The Kier molecular flexibility index (Phi) is 8.17. The Morgan fingerprint density at radius 1 is 1.04 bits per heavy atom. The monoisotopic (exact) mass is 754 g/mol. The van der Waals surface area contributed by atoms with Gasteiger partial charge >= 0.3 is 5.97 Å². The van der Waals surface area contributed by atoms with Gasteiger partial charge < -0.3 is 34.7 Å². The van der Waals surface area contributed by atoms with Crippen molar-refractivity contribution < 1.29 is 34.4 Å². The summed E-state index contributed by atoms with van der Waals surface area (Å²) in [5.74, 6) is 4.99. The molecule has 1 aromatic heterocycles. The molecule has 294 valence electrons. The molecule has 9 atom stereocenters. The van der Waals surface area contributed by atoms with Crippen LogP contribution in [-0.2, 0) is 31.6 Å². The maximum atomic E-state index is 15.1. The van der Waals surface area contributed by atoms with Crippen molar-refractivity contribution in [3.05, 3.63) is 70.9 Å². The summed E-state index contributed by atoms with van der Waals surface area (Å²) in [5, 5.41) is 38.0. The van der Waals surface area contributed by atoms with Gasteiger partial charge in [-0.1, -0.05) is 44.2 Å². The van der Waals surface area contributed by atoms with Crippen LogP contribution < -0.4 is 20.9 Å². The van der Waals surface area contributed by atoms with Crippen LogP contribution in [0.2, 0.25) is 0 Å². The molecule has 9 rings (SSSR count). The molecule has 3 aromatic rings. The topological polar surface area (TPSA) is 177 Å². The van der Waals surface area contributed by atoms with Gasteiger partial charge in [-0.3, -0.25) is 24.8 Å². The zero-order valence-electron chi connectivity index (χ0n) is 32.4. The SMILES string of the molecule is CC[C@]1(O)CC2C[C@](C(=O)OC)(c3cc4c(cc3OC)N(C)[C@H]3[C@@](O)(C(=O)NN)[C@H](O)[C@]5(CC)C=CCN6CC[C@]43[C@@H]65)c3[nH]c4ccccc4c3CCN2C1. The number of nitrogens with one attached hydrogen (secondary N) is 2.